The second-order valence-corrected chi connectivity index (χ2v) is 2.30. The maximum absolute atomic E-state index is 3.77. The molecule has 0 saturated heterocycles. The van der Waals surface area contributed by atoms with Crippen LogP contribution in [-0.2, 0) is 0 Å². The third-order valence-corrected chi connectivity index (χ3v) is 0.841. The Morgan fingerprint density at radius 1 is 1.18 bits per heavy atom. The molecule has 2 nitrogen and oxygen atoms in total. The van der Waals surface area contributed by atoms with E-state index in [4.69, 9.17) is 0 Å². The molecule has 0 aromatic rings. The zero-order valence-corrected chi connectivity index (χ0v) is 8.33. The quantitative estimate of drug-likeness (QED) is 0.443. The molecule has 0 saturated carbocycles. The molecular formula is C9H20N2. The van der Waals surface area contributed by atoms with Crippen molar-refractivity contribution in [2.75, 3.05) is 0 Å². The van der Waals surface area contributed by atoms with Gasteiger partial charge in [0.1, 0.15) is 0 Å². The van der Waals surface area contributed by atoms with E-state index in [0.717, 1.165) is 6.42 Å². The van der Waals surface area contributed by atoms with E-state index < -0.39 is 0 Å². The van der Waals surface area contributed by atoms with E-state index in [9.17, 15) is 0 Å². The van der Waals surface area contributed by atoms with Crippen LogP contribution in [0.4, 0.5) is 0 Å². The van der Waals surface area contributed by atoms with E-state index in [1.807, 2.05) is 27.0 Å². The van der Waals surface area contributed by atoms with Crippen molar-refractivity contribution in [2.45, 2.75) is 41.0 Å². The van der Waals surface area contributed by atoms with Gasteiger partial charge in [-0.05, 0) is 19.3 Å². The molecule has 2 heteroatoms. The highest BCUT2D eigenvalue weighted by Crippen LogP contribution is 1.94. The van der Waals surface area contributed by atoms with Crippen molar-refractivity contribution in [2.24, 2.45) is 16.1 Å². The van der Waals surface area contributed by atoms with Crippen molar-refractivity contribution in [1.29, 1.82) is 0 Å². The lowest BCUT2D eigenvalue weighted by atomic mass is 10.2. The lowest BCUT2D eigenvalue weighted by Crippen LogP contribution is -1.85. The van der Waals surface area contributed by atoms with Gasteiger partial charge in [-0.1, -0.05) is 27.7 Å². The second kappa shape index (κ2) is 12.1. The summed E-state index contributed by atoms with van der Waals surface area (Å²) in [5.41, 5.74) is 0. The summed E-state index contributed by atoms with van der Waals surface area (Å²) in [4.78, 5) is 0. The zero-order chi connectivity index (χ0) is 9.11. The van der Waals surface area contributed by atoms with Gasteiger partial charge in [-0.3, -0.25) is 0 Å². The summed E-state index contributed by atoms with van der Waals surface area (Å²) in [6.07, 6.45) is 4.53. The summed E-state index contributed by atoms with van der Waals surface area (Å²) in [5.74, 6) is 0.681. The van der Waals surface area contributed by atoms with Crippen LogP contribution in [0.3, 0.4) is 0 Å². The van der Waals surface area contributed by atoms with Crippen molar-refractivity contribution >= 4 is 12.4 Å². The normalized spacial score (nSPS) is 10.7. The molecular weight excluding hydrogens is 136 g/mol. The highest BCUT2D eigenvalue weighted by molar-refractivity contribution is 5.59. The molecule has 0 bridgehead atoms. The molecule has 0 aromatic carbocycles. The molecule has 0 heterocycles. The van der Waals surface area contributed by atoms with Crippen LogP contribution in [0.5, 0.6) is 0 Å². The number of hydrogen-bond donors (Lipinski definition) is 0. The zero-order valence-electron chi connectivity index (χ0n) is 8.33. The third kappa shape index (κ3) is 17.6. The largest absolute Gasteiger partial charge is 0.164 e. The predicted molar refractivity (Wildman–Crippen MR) is 53.5 cm³/mol. The average Bonchev–Trinajstić information content (AvgIpc) is 2.02. The lowest BCUT2D eigenvalue weighted by Gasteiger charge is -1.92. The van der Waals surface area contributed by atoms with Crippen molar-refractivity contribution < 1.29 is 0 Å². The summed E-state index contributed by atoms with van der Waals surface area (Å²) < 4.78 is 0. The average molecular weight is 156 g/mol. The minimum absolute atomic E-state index is 0.681. The van der Waals surface area contributed by atoms with Crippen molar-refractivity contribution in [3.05, 3.63) is 0 Å². The van der Waals surface area contributed by atoms with Gasteiger partial charge in [-0.2, -0.15) is 10.2 Å². The van der Waals surface area contributed by atoms with Crippen LogP contribution in [0.2, 0.25) is 0 Å². The molecule has 0 aromatic heterocycles. The maximum Gasteiger partial charge on any atom is 0.0272 e. The third-order valence-electron chi connectivity index (χ3n) is 0.841. The molecule has 66 valence electrons. The molecule has 0 unspecified atom stereocenters. The highest BCUT2D eigenvalue weighted by atomic mass is 15.2. The van der Waals surface area contributed by atoms with Gasteiger partial charge in [0.05, 0.1) is 0 Å². The Morgan fingerprint density at radius 2 is 1.73 bits per heavy atom. The number of hydrogen-bond acceptors (Lipinski definition) is 2. The first-order valence-corrected chi connectivity index (χ1v) is 4.26. The van der Waals surface area contributed by atoms with Gasteiger partial charge in [0.2, 0.25) is 0 Å². The molecule has 11 heavy (non-hydrogen) atoms. The number of nitrogens with zero attached hydrogens (tertiary/aromatic N) is 2. The van der Waals surface area contributed by atoms with Crippen molar-refractivity contribution in [3.8, 4) is 0 Å². The summed E-state index contributed by atoms with van der Waals surface area (Å²) >= 11 is 0. The van der Waals surface area contributed by atoms with Crippen LogP contribution in [0.1, 0.15) is 41.0 Å². The van der Waals surface area contributed by atoms with Gasteiger partial charge >= 0.3 is 0 Å². The molecule has 0 aliphatic heterocycles. The van der Waals surface area contributed by atoms with Gasteiger partial charge < -0.3 is 0 Å². The fraction of sp³-hybridized carbons (Fsp3) is 0.778. The van der Waals surface area contributed by atoms with Gasteiger partial charge in [-0.25, -0.2) is 0 Å². The van der Waals surface area contributed by atoms with Crippen LogP contribution in [0.25, 0.3) is 0 Å². The molecule has 0 amide bonds. The predicted octanol–water partition coefficient (Wildman–Crippen LogP) is 3.14. The Kier molecular flexibility index (Phi) is 14.2. The molecule has 0 fully saturated rings. The standard InChI is InChI=1S/C7H14N2.C2H6/c1-4-8-9-6-5-7(2)3;1-2/h4,6-7H,5H2,1-3H3;1-2H3/b8-4-,9-6-;. The van der Waals surface area contributed by atoms with Crippen molar-refractivity contribution in [1.82, 2.24) is 0 Å². The summed E-state index contributed by atoms with van der Waals surface area (Å²) in [6, 6.07) is 0. The first-order valence-electron chi connectivity index (χ1n) is 4.26. The van der Waals surface area contributed by atoms with E-state index in [1.165, 1.54) is 0 Å². The number of rotatable bonds is 3. The first kappa shape index (κ1) is 13.0. The SMILES string of the molecule is C/C=N\N=C/CC(C)C.CC. The fourth-order valence-corrected chi connectivity index (χ4v) is 0.372. The van der Waals surface area contributed by atoms with Crippen molar-refractivity contribution in [3.63, 3.8) is 0 Å². The fourth-order valence-electron chi connectivity index (χ4n) is 0.372. The molecule has 0 atom stereocenters. The Hall–Kier alpha value is -0.660. The molecule has 0 rings (SSSR count). The Balaban J connectivity index is 0. The van der Waals surface area contributed by atoms with Gasteiger partial charge in [0, 0.05) is 12.4 Å². The topological polar surface area (TPSA) is 24.7 Å². The van der Waals surface area contributed by atoms with E-state index in [0.29, 0.717) is 5.92 Å². The minimum atomic E-state index is 0.681. The lowest BCUT2D eigenvalue weighted by molar-refractivity contribution is 0.689. The summed E-state index contributed by atoms with van der Waals surface area (Å²) in [6.45, 7) is 10.2. The molecule has 0 aliphatic carbocycles. The summed E-state index contributed by atoms with van der Waals surface area (Å²) in [7, 11) is 0. The van der Waals surface area contributed by atoms with E-state index >= 15 is 0 Å². The van der Waals surface area contributed by atoms with E-state index in [2.05, 4.69) is 24.1 Å². The van der Waals surface area contributed by atoms with Gasteiger partial charge in [0.25, 0.3) is 0 Å². The Bertz CT molecular complexity index is 104. The molecule has 0 aliphatic rings. The monoisotopic (exact) mass is 156 g/mol. The van der Waals surface area contributed by atoms with Crippen LogP contribution < -0.4 is 0 Å². The molecule has 0 spiro atoms. The Labute approximate surface area is 70.4 Å². The highest BCUT2D eigenvalue weighted by Gasteiger charge is 1.85. The van der Waals surface area contributed by atoms with Crippen LogP contribution in [0, 0.1) is 5.92 Å². The molecule has 0 N–H and O–H groups in total. The van der Waals surface area contributed by atoms with Gasteiger partial charge in [-0.15, -0.1) is 0 Å². The molecule has 0 radical (unpaired) electrons. The minimum Gasteiger partial charge on any atom is -0.164 e. The van der Waals surface area contributed by atoms with E-state index in [-0.39, 0.29) is 0 Å². The Morgan fingerprint density at radius 3 is 2.09 bits per heavy atom. The van der Waals surface area contributed by atoms with Crippen LogP contribution in [-0.4, -0.2) is 12.4 Å². The first-order chi connectivity index (χ1) is 5.27. The van der Waals surface area contributed by atoms with E-state index in [1.54, 1.807) is 6.21 Å². The second-order valence-electron chi connectivity index (χ2n) is 2.30. The van der Waals surface area contributed by atoms with Gasteiger partial charge in [0.15, 0.2) is 0 Å². The van der Waals surface area contributed by atoms with Crippen LogP contribution in [0.15, 0.2) is 10.2 Å². The van der Waals surface area contributed by atoms with Crippen LogP contribution >= 0.6 is 0 Å². The summed E-state index contributed by atoms with van der Waals surface area (Å²) in [5, 5.41) is 7.46. The smallest absolute Gasteiger partial charge is 0.0272 e. The maximum atomic E-state index is 3.77.